The zero-order valence-corrected chi connectivity index (χ0v) is 10.7. The van der Waals surface area contributed by atoms with Crippen molar-refractivity contribution in [2.45, 2.75) is 10.9 Å². The van der Waals surface area contributed by atoms with Gasteiger partial charge >= 0.3 is 5.97 Å². The highest BCUT2D eigenvalue weighted by Crippen LogP contribution is 2.24. The number of H-pyrrole nitrogens is 1. The molecule has 0 amide bonds. The van der Waals surface area contributed by atoms with E-state index in [0.717, 1.165) is 0 Å². The Hall–Kier alpha value is -1.80. The standard InChI is InChI=1S/C10H9N3O3S2/c11-6-3-7(14)13-10(12-6)18-4-5-1-2-17-8(5)9(15)16/h1-3H,4H2,(H,15,16)(H3,11,12,13,14). The van der Waals surface area contributed by atoms with E-state index in [0.29, 0.717) is 21.3 Å². The van der Waals surface area contributed by atoms with Crippen LogP contribution in [-0.4, -0.2) is 21.0 Å². The van der Waals surface area contributed by atoms with Gasteiger partial charge in [-0.05, 0) is 17.0 Å². The first-order chi connectivity index (χ1) is 8.56. The summed E-state index contributed by atoms with van der Waals surface area (Å²) in [5, 5.41) is 11.0. The third kappa shape index (κ3) is 2.90. The number of aromatic carboxylic acids is 1. The minimum Gasteiger partial charge on any atom is -0.477 e. The third-order valence-electron chi connectivity index (χ3n) is 2.05. The SMILES string of the molecule is Nc1cc(=O)[nH]c(SCc2ccsc2C(=O)O)n1. The molecule has 2 rings (SSSR count). The van der Waals surface area contributed by atoms with Crippen molar-refractivity contribution in [3.05, 3.63) is 38.3 Å². The first-order valence-electron chi connectivity index (χ1n) is 4.85. The van der Waals surface area contributed by atoms with Crippen LogP contribution in [0.4, 0.5) is 5.82 Å². The van der Waals surface area contributed by atoms with Crippen molar-refractivity contribution in [3.8, 4) is 0 Å². The Morgan fingerprint density at radius 2 is 2.39 bits per heavy atom. The fraction of sp³-hybridized carbons (Fsp3) is 0.100. The second-order valence-corrected chi connectivity index (χ2v) is 5.22. The summed E-state index contributed by atoms with van der Waals surface area (Å²) in [6, 6.07) is 2.93. The molecule has 2 aromatic heterocycles. The maximum absolute atomic E-state index is 11.2. The Morgan fingerprint density at radius 1 is 1.61 bits per heavy atom. The molecule has 0 fully saturated rings. The van der Waals surface area contributed by atoms with E-state index in [-0.39, 0.29) is 11.4 Å². The number of nitrogens with one attached hydrogen (secondary N) is 1. The number of anilines is 1. The van der Waals surface area contributed by atoms with Gasteiger partial charge in [-0.15, -0.1) is 11.3 Å². The highest BCUT2D eigenvalue weighted by Gasteiger charge is 2.12. The van der Waals surface area contributed by atoms with Gasteiger partial charge < -0.3 is 15.8 Å². The zero-order valence-electron chi connectivity index (χ0n) is 9.04. The van der Waals surface area contributed by atoms with E-state index in [9.17, 15) is 9.59 Å². The normalized spacial score (nSPS) is 10.4. The molecule has 0 saturated heterocycles. The first kappa shape index (κ1) is 12.7. The second-order valence-electron chi connectivity index (χ2n) is 3.34. The molecule has 0 radical (unpaired) electrons. The molecular weight excluding hydrogens is 274 g/mol. The van der Waals surface area contributed by atoms with E-state index in [1.54, 1.807) is 11.4 Å². The highest BCUT2D eigenvalue weighted by atomic mass is 32.2. The highest BCUT2D eigenvalue weighted by molar-refractivity contribution is 7.98. The molecule has 0 atom stereocenters. The lowest BCUT2D eigenvalue weighted by Gasteiger charge is -2.01. The molecular formula is C10H9N3O3S2. The number of nitrogens with two attached hydrogens (primary N) is 1. The molecule has 18 heavy (non-hydrogen) atoms. The summed E-state index contributed by atoms with van der Waals surface area (Å²) in [6.45, 7) is 0. The van der Waals surface area contributed by atoms with Crippen LogP contribution in [0.3, 0.4) is 0 Å². The molecule has 6 nitrogen and oxygen atoms in total. The molecule has 0 spiro atoms. The summed E-state index contributed by atoms with van der Waals surface area (Å²) in [4.78, 5) is 28.9. The molecule has 8 heteroatoms. The van der Waals surface area contributed by atoms with Crippen LogP contribution in [0.1, 0.15) is 15.2 Å². The van der Waals surface area contributed by atoms with Gasteiger partial charge in [0.15, 0.2) is 5.16 Å². The second kappa shape index (κ2) is 5.23. The minimum absolute atomic E-state index is 0.144. The Bertz CT molecular complexity index is 635. The number of nitrogens with zero attached hydrogens (tertiary/aromatic N) is 1. The van der Waals surface area contributed by atoms with E-state index in [1.807, 2.05) is 0 Å². The van der Waals surface area contributed by atoms with Gasteiger partial charge in [-0.25, -0.2) is 9.78 Å². The number of hydrogen-bond acceptors (Lipinski definition) is 6. The lowest BCUT2D eigenvalue weighted by Crippen LogP contribution is -2.09. The smallest absolute Gasteiger partial charge is 0.346 e. The molecule has 94 valence electrons. The summed E-state index contributed by atoms with van der Waals surface area (Å²) in [7, 11) is 0. The van der Waals surface area contributed by atoms with Crippen molar-refractivity contribution in [1.29, 1.82) is 0 Å². The van der Waals surface area contributed by atoms with E-state index in [1.165, 1.54) is 29.2 Å². The van der Waals surface area contributed by atoms with Gasteiger partial charge in [0.25, 0.3) is 5.56 Å². The third-order valence-corrected chi connectivity index (χ3v) is 3.91. The van der Waals surface area contributed by atoms with Crippen LogP contribution in [0.15, 0.2) is 27.5 Å². The fourth-order valence-corrected chi connectivity index (χ4v) is 3.03. The van der Waals surface area contributed by atoms with Crippen LogP contribution in [-0.2, 0) is 5.75 Å². The van der Waals surface area contributed by atoms with E-state index in [4.69, 9.17) is 10.8 Å². The van der Waals surface area contributed by atoms with Gasteiger partial charge in [0.2, 0.25) is 0 Å². The van der Waals surface area contributed by atoms with Crippen LogP contribution < -0.4 is 11.3 Å². The molecule has 0 aliphatic heterocycles. The maximum Gasteiger partial charge on any atom is 0.346 e. The summed E-state index contributed by atoms with van der Waals surface area (Å²) >= 11 is 2.40. The summed E-state index contributed by atoms with van der Waals surface area (Å²) in [6.07, 6.45) is 0. The van der Waals surface area contributed by atoms with Crippen LogP contribution in [0.5, 0.6) is 0 Å². The number of carboxylic acid groups (broad SMARTS) is 1. The predicted octanol–water partition coefficient (Wildman–Crippen LogP) is 1.40. The Labute approximate surface area is 110 Å². The van der Waals surface area contributed by atoms with Crippen LogP contribution in [0.25, 0.3) is 0 Å². The van der Waals surface area contributed by atoms with Gasteiger partial charge in [0, 0.05) is 11.8 Å². The van der Waals surface area contributed by atoms with Gasteiger partial charge in [-0.2, -0.15) is 0 Å². The number of thiophene rings is 1. The molecule has 0 aliphatic carbocycles. The molecule has 0 aliphatic rings. The van der Waals surface area contributed by atoms with Crippen molar-refractivity contribution < 1.29 is 9.90 Å². The molecule has 2 heterocycles. The minimum atomic E-state index is -0.949. The number of hydrogen-bond donors (Lipinski definition) is 3. The Kier molecular flexibility index (Phi) is 3.68. The molecule has 0 aromatic carbocycles. The van der Waals surface area contributed by atoms with Gasteiger partial charge in [-0.3, -0.25) is 4.79 Å². The van der Waals surface area contributed by atoms with Gasteiger partial charge in [0.05, 0.1) is 0 Å². The first-order valence-corrected chi connectivity index (χ1v) is 6.72. The lowest BCUT2D eigenvalue weighted by atomic mass is 10.3. The number of carboxylic acids is 1. The topological polar surface area (TPSA) is 109 Å². The van der Waals surface area contributed by atoms with E-state index < -0.39 is 5.97 Å². The summed E-state index contributed by atoms with van der Waals surface area (Å²) in [5.74, 6) is -0.392. The van der Waals surface area contributed by atoms with Crippen molar-refractivity contribution in [3.63, 3.8) is 0 Å². The molecule has 4 N–H and O–H groups in total. The molecule has 0 unspecified atom stereocenters. The summed E-state index contributed by atoms with van der Waals surface area (Å²) < 4.78 is 0. The quantitative estimate of drug-likeness (QED) is 0.578. The van der Waals surface area contributed by atoms with E-state index >= 15 is 0 Å². The van der Waals surface area contributed by atoms with Crippen molar-refractivity contribution in [2.24, 2.45) is 0 Å². The van der Waals surface area contributed by atoms with Crippen molar-refractivity contribution in [1.82, 2.24) is 9.97 Å². The Morgan fingerprint density at radius 3 is 3.06 bits per heavy atom. The average Bonchev–Trinajstić information content (AvgIpc) is 2.73. The van der Waals surface area contributed by atoms with Crippen LogP contribution >= 0.6 is 23.1 Å². The number of aromatic nitrogens is 2. The lowest BCUT2D eigenvalue weighted by molar-refractivity contribution is 0.0701. The van der Waals surface area contributed by atoms with Crippen molar-refractivity contribution in [2.75, 3.05) is 5.73 Å². The summed E-state index contributed by atoms with van der Waals surface area (Å²) in [5.41, 5.74) is 5.82. The van der Waals surface area contributed by atoms with Crippen LogP contribution in [0, 0.1) is 0 Å². The number of rotatable bonds is 4. The Balaban J connectivity index is 2.14. The number of carbonyl (C=O) groups is 1. The fourth-order valence-electron chi connectivity index (χ4n) is 1.30. The number of thioether (sulfide) groups is 1. The number of nitrogen functional groups attached to an aromatic ring is 1. The monoisotopic (exact) mass is 283 g/mol. The van der Waals surface area contributed by atoms with Gasteiger partial charge in [0.1, 0.15) is 10.7 Å². The predicted molar refractivity (Wildman–Crippen MR) is 70.1 cm³/mol. The molecule has 2 aromatic rings. The van der Waals surface area contributed by atoms with Crippen LogP contribution in [0.2, 0.25) is 0 Å². The van der Waals surface area contributed by atoms with Crippen molar-refractivity contribution >= 4 is 34.9 Å². The number of aromatic amines is 1. The van der Waals surface area contributed by atoms with E-state index in [2.05, 4.69) is 9.97 Å². The van der Waals surface area contributed by atoms with Gasteiger partial charge in [-0.1, -0.05) is 11.8 Å². The molecule has 0 bridgehead atoms. The maximum atomic E-state index is 11.2. The largest absolute Gasteiger partial charge is 0.477 e. The molecule has 0 saturated carbocycles. The average molecular weight is 283 g/mol. The zero-order chi connectivity index (χ0) is 13.1.